The zero-order valence-corrected chi connectivity index (χ0v) is 26.4. The van der Waals surface area contributed by atoms with Crippen LogP contribution in [0.3, 0.4) is 0 Å². The van der Waals surface area contributed by atoms with E-state index in [0.29, 0.717) is 0 Å². The van der Waals surface area contributed by atoms with Gasteiger partial charge >= 0.3 is 0 Å². The van der Waals surface area contributed by atoms with E-state index in [9.17, 15) is 19.6 Å². The maximum atomic E-state index is 14.7. The minimum Gasteiger partial charge on any atom is -0.326 e. The Bertz CT molecular complexity index is 1480. The van der Waals surface area contributed by atoms with E-state index in [1.54, 1.807) is 0 Å². The second-order valence-corrected chi connectivity index (χ2v) is 16.2. The average molecular weight is 567 g/mol. The molecule has 0 aliphatic heterocycles. The number of nitrogens with one attached hydrogen (secondary N) is 1. The first-order valence-electron chi connectivity index (χ1n) is 15.9. The molecule has 5 aliphatic carbocycles. The number of fused-ring (bicyclic) bond motifs is 7. The molecule has 0 spiro atoms. The molecule has 1 aromatic carbocycles. The highest BCUT2D eigenvalue weighted by Crippen LogP contribution is 2.74. The lowest BCUT2D eigenvalue weighted by molar-refractivity contribution is -0.175. The molecule has 1 N–H and O–H groups in total. The first kappa shape index (κ1) is 29.1. The molecule has 5 nitrogen and oxygen atoms in total. The standard InChI is InChI=1S/C37H46N2O3/c1-32(2)15-17-37(31(42)39-24-11-9-8-10-12-24)18-16-36(7)29(25(37)21-32)26(40)19-28-34(5)20-23(22-38)30(41)33(3,4)27(34)13-14-35(28,36)6/h8-12,19-20,25,27,29H,13-18,21H2,1-7H3,(H,39,42)/t25-,27-,29-,34-,35+,36+,37-/m0/s1. The highest BCUT2D eigenvalue weighted by Gasteiger charge is 2.70. The minimum atomic E-state index is -0.678. The summed E-state index contributed by atoms with van der Waals surface area (Å²) in [6, 6.07) is 11.9. The molecule has 0 radical (unpaired) electrons. The Hall–Kier alpha value is -3.00. The Morgan fingerprint density at radius 2 is 1.60 bits per heavy atom. The third-order valence-corrected chi connectivity index (χ3v) is 13.3. The Kier molecular flexibility index (Phi) is 6.24. The van der Waals surface area contributed by atoms with Crippen LogP contribution in [0.15, 0.2) is 53.6 Å². The molecule has 0 heterocycles. The maximum Gasteiger partial charge on any atom is 0.230 e. The van der Waals surface area contributed by atoms with Crippen LogP contribution in [0.1, 0.15) is 93.4 Å². The molecule has 6 rings (SSSR count). The number of rotatable bonds is 2. The summed E-state index contributed by atoms with van der Waals surface area (Å²) in [4.78, 5) is 42.2. The van der Waals surface area contributed by atoms with Gasteiger partial charge in [-0.25, -0.2) is 0 Å². The molecular formula is C37H46N2O3. The molecule has 0 saturated heterocycles. The average Bonchev–Trinajstić information content (AvgIpc) is 2.92. The third kappa shape index (κ3) is 3.69. The summed E-state index contributed by atoms with van der Waals surface area (Å²) in [5.41, 5.74) is -0.257. The lowest BCUT2D eigenvalue weighted by Crippen LogP contribution is -2.66. The Balaban J connectivity index is 1.48. The molecule has 5 heteroatoms. The zero-order valence-electron chi connectivity index (χ0n) is 26.4. The minimum absolute atomic E-state index is 0.0230. The monoisotopic (exact) mass is 566 g/mol. The number of carbonyl (C=O) groups excluding carboxylic acids is 3. The van der Waals surface area contributed by atoms with Crippen LogP contribution in [0.2, 0.25) is 0 Å². The van der Waals surface area contributed by atoms with Gasteiger partial charge in [0.1, 0.15) is 6.07 Å². The van der Waals surface area contributed by atoms with Gasteiger partial charge in [0.15, 0.2) is 11.6 Å². The summed E-state index contributed by atoms with van der Waals surface area (Å²) in [6.07, 6.45) is 9.74. The highest BCUT2D eigenvalue weighted by atomic mass is 16.2. The van der Waals surface area contributed by atoms with Gasteiger partial charge < -0.3 is 5.32 Å². The number of anilines is 1. The summed E-state index contributed by atoms with van der Waals surface area (Å²) < 4.78 is 0. The number of hydrogen-bond donors (Lipinski definition) is 1. The lowest BCUT2D eigenvalue weighted by atomic mass is 9.34. The molecule has 5 aliphatic rings. The van der Waals surface area contributed by atoms with Gasteiger partial charge in [-0.05, 0) is 91.2 Å². The summed E-state index contributed by atoms with van der Waals surface area (Å²) in [5.74, 6) is -0.166. The van der Waals surface area contributed by atoms with E-state index in [-0.39, 0.29) is 57.0 Å². The van der Waals surface area contributed by atoms with E-state index in [2.05, 4.69) is 46.0 Å². The number of nitrogens with zero attached hydrogens (tertiary/aromatic N) is 1. The molecular weight excluding hydrogens is 520 g/mol. The van der Waals surface area contributed by atoms with Gasteiger partial charge in [0.25, 0.3) is 0 Å². The largest absolute Gasteiger partial charge is 0.326 e. The van der Waals surface area contributed by atoms with E-state index in [0.717, 1.165) is 56.2 Å². The fourth-order valence-corrected chi connectivity index (χ4v) is 10.8. The normalized spacial score (nSPS) is 41.5. The number of hydrogen-bond acceptors (Lipinski definition) is 4. The van der Waals surface area contributed by atoms with Crippen LogP contribution in [0.4, 0.5) is 5.69 Å². The Labute approximate surface area is 251 Å². The summed E-state index contributed by atoms with van der Waals surface area (Å²) >= 11 is 0. The van der Waals surface area contributed by atoms with E-state index < -0.39 is 16.2 Å². The molecule has 222 valence electrons. The first-order valence-corrected chi connectivity index (χ1v) is 15.9. The number of ketones is 2. The molecule has 0 bridgehead atoms. The summed E-state index contributed by atoms with van der Waals surface area (Å²) in [6.45, 7) is 15.4. The summed E-state index contributed by atoms with van der Waals surface area (Å²) in [7, 11) is 0. The van der Waals surface area contributed by atoms with Crippen molar-refractivity contribution < 1.29 is 14.4 Å². The van der Waals surface area contributed by atoms with E-state index in [1.165, 1.54) is 0 Å². The van der Waals surface area contributed by atoms with Gasteiger partial charge in [-0.3, -0.25) is 14.4 Å². The van der Waals surface area contributed by atoms with Crippen LogP contribution < -0.4 is 5.32 Å². The fraction of sp³-hybridized carbons (Fsp3) is 0.622. The maximum absolute atomic E-state index is 14.7. The number of allylic oxidation sites excluding steroid dienone is 4. The van der Waals surface area contributed by atoms with Crippen molar-refractivity contribution in [3.8, 4) is 6.07 Å². The van der Waals surface area contributed by atoms with Crippen LogP contribution in [0, 0.1) is 61.6 Å². The molecule has 3 saturated carbocycles. The van der Waals surface area contributed by atoms with Gasteiger partial charge in [-0.15, -0.1) is 0 Å². The second kappa shape index (κ2) is 9.01. The van der Waals surface area contributed by atoms with Crippen molar-refractivity contribution in [3.05, 3.63) is 53.6 Å². The number of carbonyl (C=O) groups is 3. The van der Waals surface area contributed by atoms with Crippen LogP contribution in [0.25, 0.3) is 0 Å². The zero-order chi connectivity index (χ0) is 30.5. The van der Waals surface area contributed by atoms with Crippen molar-refractivity contribution >= 4 is 23.2 Å². The second-order valence-electron chi connectivity index (χ2n) is 16.2. The van der Waals surface area contributed by atoms with E-state index in [4.69, 9.17) is 0 Å². The quantitative estimate of drug-likeness (QED) is 0.395. The SMILES string of the molecule is CC1(C)CC[C@]2(C(=O)Nc3ccccc3)CC[C@]3(C)[C@H](C(=O)C=C4[C@@]5(C)C=C(C#N)C(=O)C(C)(C)[C@@H]5CC[C@]43C)[C@@H]2C1. The van der Waals surface area contributed by atoms with Crippen LogP contribution in [-0.2, 0) is 14.4 Å². The van der Waals surface area contributed by atoms with Crippen molar-refractivity contribution in [1.29, 1.82) is 5.26 Å². The Morgan fingerprint density at radius 3 is 2.26 bits per heavy atom. The molecule has 0 unspecified atom stereocenters. The Morgan fingerprint density at radius 1 is 0.929 bits per heavy atom. The summed E-state index contributed by atoms with van der Waals surface area (Å²) in [5, 5.41) is 13.2. The van der Waals surface area contributed by atoms with Crippen LogP contribution >= 0.6 is 0 Å². The van der Waals surface area contributed by atoms with Crippen molar-refractivity contribution in [2.45, 2.75) is 93.4 Å². The predicted octanol–water partition coefficient (Wildman–Crippen LogP) is 7.84. The first-order chi connectivity index (χ1) is 19.6. The molecule has 7 atom stereocenters. The lowest BCUT2D eigenvalue weighted by Gasteiger charge is -2.69. The van der Waals surface area contributed by atoms with Gasteiger partial charge in [0.05, 0.1) is 11.0 Å². The highest BCUT2D eigenvalue weighted by molar-refractivity contribution is 6.05. The molecule has 1 aromatic rings. The topological polar surface area (TPSA) is 87.0 Å². The van der Waals surface area contributed by atoms with Crippen LogP contribution in [0.5, 0.6) is 0 Å². The van der Waals surface area contributed by atoms with Crippen molar-refractivity contribution in [3.63, 3.8) is 0 Å². The molecule has 1 amide bonds. The number of nitriles is 1. The van der Waals surface area contributed by atoms with Crippen LogP contribution in [-0.4, -0.2) is 17.5 Å². The third-order valence-electron chi connectivity index (χ3n) is 13.3. The molecule has 0 aromatic heterocycles. The van der Waals surface area contributed by atoms with Crippen molar-refractivity contribution in [1.82, 2.24) is 0 Å². The number of amides is 1. The van der Waals surface area contributed by atoms with Crippen molar-refractivity contribution in [2.24, 2.45) is 50.2 Å². The fourth-order valence-electron chi connectivity index (χ4n) is 10.8. The molecule has 3 fully saturated rings. The van der Waals surface area contributed by atoms with Crippen molar-refractivity contribution in [2.75, 3.05) is 5.32 Å². The molecule has 42 heavy (non-hydrogen) atoms. The van der Waals surface area contributed by atoms with Gasteiger partial charge in [-0.1, -0.05) is 78.3 Å². The van der Waals surface area contributed by atoms with E-state index in [1.807, 2.05) is 56.3 Å². The number of para-hydroxylation sites is 1. The number of benzene rings is 1. The predicted molar refractivity (Wildman–Crippen MR) is 164 cm³/mol. The number of Topliss-reactive ketones (excluding diaryl/α,β-unsaturated/α-hetero) is 1. The smallest absolute Gasteiger partial charge is 0.230 e. The van der Waals surface area contributed by atoms with Gasteiger partial charge in [-0.2, -0.15) is 5.26 Å². The van der Waals surface area contributed by atoms with Gasteiger partial charge in [0.2, 0.25) is 5.91 Å². The van der Waals surface area contributed by atoms with Gasteiger partial charge in [0, 0.05) is 22.4 Å². The van der Waals surface area contributed by atoms with E-state index >= 15 is 0 Å².